The van der Waals surface area contributed by atoms with Gasteiger partial charge in [-0.25, -0.2) is 0 Å². The molecule has 0 radical (unpaired) electrons. The molecule has 62 valence electrons. The maximum absolute atomic E-state index is 2.17. The standard InChI is InChI=1S/C8H10.C3H8/c1-7-4-3-5-8(2)6-7;1-3-2/h3-6H,1-2H3;3H2,1-2H3. The van der Waals surface area contributed by atoms with Crippen molar-refractivity contribution in [3.63, 3.8) is 0 Å². The third-order valence-electron chi connectivity index (χ3n) is 1.17. The summed E-state index contributed by atoms with van der Waals surface area (Å²) >= 11 is 0. The molecular formula is C11H18. The van der Waals surface area contributed by atoms with E-state index < -0.39 is 0 Å². The maximum Gasteiger partial charge on any atom is -0.0398 e. The SMILES string of the molecule is CCC.Cc1cccc(C)c1. The van der Waals surface area contributed by atoms with Crippen LogP contribution >= 0.6 is 0 Å². The topological polar surface area (TPSA) is 0 Å². The molecule has 0 aromatic heterocycles. The van der Waals surface area contributed by atoms with E-state index in [4.69, 9.17) is 0 Å². The third-order valence-corrected chi connectivity index (χ3v) is 1.17. The fraction of sp³-hybridized carbons (Fsp3) is 0.455. The van der Waals surface area contributed by atoms with Gasteiger partial charge in [0.15, 0.2) is 0 Å². The Morgan fingerprint density at radius 2 is 1.36 bits per heavy atom. The van der Waals surface area contributed by atoms with Crippen molar-refractivity contribution in [2.24, 2.45) is 0 Å². The van der Waals surface area contributed by atoms with Crippen molar-refractivity contribution in [2.45, 2.75) is 34.1 Å². The molecule has 1 aromatic carbocycles. The Kier molecular flexibility index (Phi) is 5.54. The first-order valence-electron chi connectivity index (χ1n) is 4.24. The van der Waals surface area contributed by atoms with Crippen LogP contribution in [0.4, 0.5) is 0 Å². The minimum atomic E-state index is 1.25. The molecule has 0 amide bonds. The van der Waals surface area contributed by atoms with Crippen LogP contribution in [0.25, 0.3) is 0 Å². The average molecular weight is 150 g/mol. The van der Waals surface area contributed by atoms with Gasteiger partial charge in [-0.3, -0.25) is 0 Å². The van der Waals surface area contributed by atoms with E-state index in [-0.39, 0.29) is 0 Å². The van der Waals surface area contributed by atoms with Crippen molar-refractivity contribution in [1.29, 1.82) is 0 Å². The van der Waals surface area contributed by atoms with E-state index in [0.717, 1.165) is 0 Å². The van der Waals surface area contributed by atoms with E-state index in [1.54, 1.807) is 0 Å². The molecule has 0 spiro atoms. The summed E-state index contributed by atoms with van der Waals surface area (Å²) < 4.78 is 0. The molecule has 0 fully saturated rings. The first-order chi connectivity index (χ1) is 5.20. The molecule has 11 heavy (non-hydrogen) atoms. The van der Waals surface area contributed by atoms with Crippen molar-refractivity contribution < 1.29 is 0 Å². The van der Waals surface area contributed by atoms with Crippen LogP contribution in [0.2, 0.25) is 0 Å². The van der Waals surface area contributed by atoms with Crippen molar-refractivity contribution in [2.75, 3.05) is 0 Å². The van der Waals surface area contributed by atoms with Crippen molar-refractivity contribution in [3.05, 3.63) is 35.4 Å². The molecule has 0 heterocycles. The highest BCUT2D eigenvalue weighted by Crippen LogP contribution is 2.00. The van der Waals surface area contributed by atoms with Crippen LogP contribution in [-0.2, 0) is 0 Å². The molecule has 0 N–H and O–H groups in total. The zero-order valence-electron chi connectivity index (χ0n) is 8.02. The lowest BCUT2D eigenvalue weighted by Gasteiger charge is -1.90. The summed E-state index contributed by atoms with van der Waals surface area (Å²) in [7, 11) is 0. The molecule has 0 aliphatic carbocycles. The van der Waals surface area contributed by atoms with Gasteiger partial charge in [0.1, 0.15) is 0 Å². The van der Waals surface area contributed by atoms with E-state index in [0.29, 0.717) is 0 Å². The minimum Gasteiger partial charge on any atom is -0.0656 e. The van der Waals surface area contributed by atoms with Gasteiger partial charge in [0, 0.05) is 0 Å². The number of rotatable bonds is 0. The lowest BCUT2D eigenvalue weighted by molar-refractivity contribution is 1.09. The first-order valence-corrected chi connectivity index (χ1v) is 4.24. The van der Waals surface area contributed by atoms with Crippen LogP contribution in [0.15, 0.2) is 24.3 Å². The summed E-state index contributed by atoms with van der Waals surface area (Å²) in [4.78, 5) is 0. The van der Waals surface area contributed by atoms with Gasteiger partial charge in [0.25, 0.3) is 0 Å². The van der Waals surface area contributed by atoms with Crippen LogP contribution in [0.5, 0.6) is 0 Å². The smallest absolute Gasteiger partial charge is 0.0398 e. The van der Waals surface area contributed by atoms with E-state index in [1.807, 2.05) is 0 Å². The highest BCUT2D eigenvalue weighted by Gasteiger charge is 1.80. The van der Waals surface area contributed by atoms with Gasteiger partial charge >= 0.3 is 0 Å². The van der Waals surface area contributed by atoms with Crippen molar-refractivity contribution in [3.8, 4) is 0 Å². The molecule has 0 nitrogen and oxygen atoms in total. The quantitative estimate of drug-likeness (QED) is 0.528. The molecule has 0 unspecified atom stereocenters. The molecular weight excluding hydrogens is 132 g/mol. The molecule has 1 aromatic rings. The van der Waals surface area contributed by atoms with Crippen LogP contribution in [-0.4, -0.2) is 0 Å². The Labute approximate surface area is 70.3 Å². The highest BCUT2D eigenvalue weighted by atomic mass is 13.9. The van der Waals surface area contributed by atoms with Gasteiger partial charge in [-0.2, -0.15) is 0 Å². The molecule has 1 rings (SSSR count). The molecule has 0 aliphatic heterocycles. The number of hydrogen-bond donors (Lipinski definition) is 0. The third kappa shape index (κ3) is 5.65. The predicted molar refractivity (Wildman–Crippen MR) is 51.9 cm³/mol. The van der Waals surface area contributed by atoms with Crippen molar-refractivity contribution in [1.82, 2.24) is 0 Å². The maximum atomic E-state index is 2.17. The summed E-state index contributed by atoms with van der Waals surface area (Å²) in [5.74, 6) is 0. The van der Waals surface area contributed by atoms with E-state index >= 15 is 0 Å². The number of aryl methyl sites for hydroxylation is 2. The summed E-state index contributed by atoms with van der Waals surface area (Å²) in [6, 6.07) is 8.45. The van der Waals surface area contributed by atoms with Gasteiger partial charge in [-0.1, -0.05) is 55.7 Å². The Morgan fingerprint density at radius 3 is 1.55 bits per heavy atom. The van der Waals surface area contributed by atoms with Crippen LogP contribution in [0, 0.1) is 13.8 Å². The Balaban J connectivity index is 0.000000292. The lowest BCUT2D eigenvalue weighted by atomic mass is 10.2. The van der Waals surface area contributed by atoms with Gasteiger partial charge in [-0.05, 0) is 13.8 Å². The van der Waals surface area contributed by atoms with Crippen LogP contribution in [0.3, 0.4) is 0 Å². The largest absolute Gasteiger partial charge is 0.0656 e. The highest BCUT2D eigenvalue weighted by molar-refractivity contribution is 5.20. The lowest BCUT2D eigenvalue weighted by Crippen LogP contribution is -1.71. The summed E-state index contributed by atoms with van der Waals surface area (Å²) in [6.07, 6.45) is 1.25. The van der Waals surface area contributed by atoms with E-state index in [2.05, 4.69) is 52.0 Å². The fourth-order valence-electron chi connectivity index (χ4n) is 0.807. The van der Waals surface area contributed by atoms with E-state index in [1.165, 1.54) is 17.5 Å². The first kappa shape index (κ1) is 10.2. The fourth-order valence-corrected chi connectivity index (χ4v) is 0.807. The second kappa shape index (κ2) is 5.96. The summed E-state index contributed by atoms with van der Waals surface area (Å²) in [6.45, 7) is 8.46. The van der Waals surface area contributed by atoms with E-state index in [9.17, 15) is 0 Å². The van der Waals surface area contributed by atoms with Gasteiger partial charge in [0.05, 0.1) is 0 Å². The van der Waals surface area contributed by atoms with Gasteiger partial charge in [-0.15, -0.1) is 0 Å². The molecule has 0 saturated heterocycles. The molecule has 0 atom stereocenters. The minimum absolute atomic E-state index is 1.25. The van der Waals surface area contributed by atoms with Crippen LogP contribution in [0.1, 0.15) is 31.4 Å². The summed E-state index contributed by atoms with van der Waals surface area (Å²) in [5.41, 5.74) is 2.68. The molecule has 0 saturated carbocycles. The second-order valence-corrected chi connectivity index (χ2v) is 2.87. The number of hydrogen-bond acceptors (Lipinski definition) is 0. The predicted octanol–water partition coefficient (Wildman–Crippen LogP) is 3.72. The Hall–Kier alpha value is -0.780. The Bertz CT molecular complexity index is 172. The summed E-state index contributed by atoms with van der Waals surface area (Å²) in [5, 5.41) is 0. The zero-order chi connectivity index (χ0) is 8.69. The molecule has 0 bridgehead atoms. The monoisotopic (exact) mass is 150 g/mol. The molecule has 0 heteroatoms. The normalized spacial score (nSPS) is 8.36. The van der Waals surface area contributed by atoms with Crippen LogP contribution < -0.4 is 0 Å². The zero-order valence-corrected chi connectivity index (χ0v) is 8.02. The molecule has 0 aliphatic rings. The average Bonchev–Trinajstić information content (AvgIpc) is 1.88. The van der Waals surface area contributed by atoms with Gasteiger partial charge in [0.2, 0.25) is 0 Å². The Morgan fingerprint density at radius 1 is 1.00 bits per heavy atom. The van der Waals surface area contributed by atoms with Gasteiger partial charge < -0.3 is 0 Å². The number of benzene rings is 1. The van der Waals surface area contributed by atoms with Crippen molar-refractivity contribution >= 4 is 0 Å². The second-order valence-electron chi connectivity index (χ2n) is 2.87.